The van der Waals surface area contributed by atoms with Crippen molar-refractivity contribution in [1.82, 2.24) is 19.7 Å². The Morgan fingerprint density at radius 2 is 2.33 bits per heavy atom. The molecule has 0 aliphatic carbocycles. The van der Waals surface area contributed by atoms with Crippen molar-refractivity contribution in [2.24, 2.45) is 0 Å². The summed E-state index contributed by atoms with van der Waals surface area (Å²) in [6, 6.07) is 7.66. The number of nitrogens with one attached hydrogen (secondary N) is 1. The SMILES string of the molecule is C[C@@H](Sc1n[nH]c(=O)n1C[C@H]1CCCO1)c1nc2ccccc2o1. The minimum absolute atomic E-state index is 0.0594. The summed E-state index contributed by atoms with van der Waals surface area (Å²) in [6.07, 6.45) is 2.10. The Morgan fingerprint density at radius 1 is 1.46 bits per heavy atom. The number of benzene rings is 1. The highest BCUT2D eigenvalue weighted by atomic mass is 32.2. The maximum Gasteiger partial charge on any atom is 0.344 e. The molecule has 1 aliphatic heterocycles. The molecule has 1 N–H and O–H groups in total. The molecule has 3 heterocycles. The molecule has 0 bridgehead atoms. The molecule has 1 fully saturated rings. The van der Waals surface area contributed by atoms with Crippen molar-refractivity contribution < 1.29 is 9.15 Å². The Bertz CT molecular complexity index is 861. The maximum atomic E-state index is 12.0. The van der Waals surface area contributed by atoms with Gasteiger partial charge < -0.3 is 9.15 Å². The van der Waals surface area contributed by atoms with Gasteiger partial charge in [0, 0.05) is 6.61 Å². The highest BCUT2D eigenvalue weighted by Crippen LogP contribution is 2.34. The van der Waals surface area contributed by atoms with Gasteiger partial charge in [0.05, 0.1) is 17.9 Å². The molecule has 3 aromatic rings. The summed E-state index contributed by atoms with van der Waals surface area (Å²) in [7, 11) is 0. The Labute approximate surface area is 142 Å². The normalized spacial score (nSPS) is 19.1. The Kier molecular flexibility index (Phi) is 4.15. The molecule has 1 saturated heterocycles. The van der Waals surface area contributed by atoms with E-state index in [1.54, 1.807) is 4.57 Å². The second-order valence-corrected chi connectivity index (χ2v) is 7.14. The number of H-pyrrole nitrogens is 1. The third kappa shape index (κ3) is 2.99. The van der Waals surface area contributed by atoms with Gasteiger partial charge in [-0.2, -0.15) is 0 Å². The van der Waals surface area contributed by atoms with Crippen LogP contribution in [-0.2, 0) is 11.3 Å². The van der Waals surface area contributed by atoms with Crippen LogP contribution in [0.5, 0.6) is 0 Å². The summed E-state index contributed by atoms with van der Waals surface area (Å²) in [5.41, 5.74) is 1.38. The van der Waals surface area contributed by atoms with E-state index in [9.17, 15) is 4.79 Å². The smallest absolute Gasteiger partial charge is 0.344 e. The van der Waals surface area contributed by atoms with Crippen LogP contribution in [0.25, 0.3) is 11.1 Å². The number of fused-ring (bicyclic) bond motifs is 1. The van der Waals surface area contributed by atoms with E-state index in [4.69, 9.17) is 9.15 Å². The first-order valence-electron chi connectivity index (χ1n) is 7.99. The average Bonchev–Trinajstić information content (AvgIpc) is 3.30. The lowest BCUT2D eigenvalue weighted by Crippen LogP contribution is -2.25. The van der Waals surface area contributed by atoms with Crippen molar-refractivity contribution in [1.29, 1.82) is 0 Å². The van der Waals surface area contributed by atoms with Crippen molar-refractivity contribution >= 4 is 22.9 Å². The fourth-order valence-electron chi connectivity index (χ4n) is 2.82. The summed E-state index contributed by atoms with van der Waals surface area (Å²) in [5.74, 6) is 0.625. The molecule has 2 aromatic heterocycles. The van der Waals surface area contributed by atoms with Gasteiger partial charge in [-0.1, -0.05) is 23.9 Å². The van der Waals surface area contributed by atoms with Crippen molar-refractivity contribution in [3.8, 4) is 0 Å². The van der Waals surface area contributed by atoms with Crippen molar-refractivity contribution in [3.05, 3.63) is 40.6 Å². The quantitative estimate of drug-likeness (QED) is 0.715. The number of nitrogens with zero attached hydrogens (tertiary/aromatic N) is 3. The summed E-state index contributed by atoms with van der Waals surface area (Å²) < 4.78 is 13.1. The molecule has 2 atom stereocenters. The number of oxazole rings is 1. The van der Waals surface area contributed by atoms with Crippen LogP contribution in [0.15, 0.2) is 38.6 Å². The first kappa shape index (κ1) is 15.5. The largest absolute Gasteiger partial charge is 0.439 e. The number of thioether (sulfide) groups is 1. The molecular formula is C16H18N4O3S. The van der Waals surface area contributed by atoms with E-state index in [-0.39, 0.29) is 17.0 Å². The molecule has 0 unspecified atom stereocenters. The number of aromatic amines is 1. The molecule has 1 aromatic carbocycles. The first-order chi connectivity index (χ1) is 11.7. The number of rotatable bonds is 5. The molecule has 0 saturated carbocycles. The first-order valence-corrected chi connectivity index (χ1v) is 8.87. The lowest BCUT2D eigenvalue weighted by Gasteiger charge is -2.12. The summed E-state index contributed by atoms with van der Waals surface area (Å²) in [6.45, 7) is 3.28. The number of hydrogen-bond donors (Lipinski definition) is 1. The average molecular weight is 346 g/mol. The predicted octanol–water partition coefficient (Wildman–Crippen LogP) is 2.74. The summed E-state index contributed by atoms with van der Waals surface area (Å²) in [5, 5.41) is 7.24. The van der Waals surface area contributed by atoms with Crippen LogP contribution in [0.2, 0.25) is 0 Å². The van der Waals surface area contributed by atoms with Gasteiger partial charge in [0.25, 0.3) is 0 Å². The van der Waals surface area contributed by atoms with Crippen molar-refractivity contribution in [2.45, 2.75) is 42.8 Å². The zero-order valence-corrected chi connectivity index (χ0v) is 14.1. The van der Waals surface area contributed by atoms with Crippen LogP contribution in [0.3, 0.4) is 0 Å². The van der Waals surface area contributed by atoms with E-state index in [0.717, 1.165) is 30.5 Å². The highest BCUT2D eigenvalue weighted by molar-refractivity contribution is 7.99. The van der Waals surface area contributed by atoms with Crippen LogP contribution in [0.1, 0.15) is 30.9 Å². The molecule has 8 heteroatoms. The van der Waals surface area contributed by atoms with Crippen LogP contribution < -0.4 is 5.69 Å². The van der Waals surface area contributed by atoms with Gasteiger partial charge >= 0.3 is 5.69 Å². The molecule has 0 spiro atoms. The van der Waals surface area contributed by atoms with Crippen molar-refractivity contribution in [2.75, 3.05) is 6.61 Å². The fraction of sp³-hybridized carbons (Fsp3) is 0.438. The topological polar surface area (TPSA) is 85.9 Å². The molecular weight excluding hydrogens is 328 g/mol. The molecule has 1 aliphatic rings. The van der Waals surface area contributed by atoms with Crippen LogP contribution in [0.4, 0.5) is 0 Å². The van der Waals surface area contributed by atoms with E-state index in [2.05, 4.69) is 15.2 Å². The Hall–Kier alpha value is -2.06. The zero-order valence-electron chi connectivity index (χ0n) is 13.3. The van der Waals surface area contributed by atoms with E-state index in [1.807, 2.05) is 31.2 Å². The molecule has 24 heavy (non-hydrogen) atoms. The maximum absolute atomic E-state index is 12.0. The van der Waals surface area contributed by atoms with Gasteiger partial charge in [-0.25, -0.2) is 14.9 Å². The number of para-hydroxylation sites is 2. The van der Waals surface area contributed by atoms with E-state index < -0.39 is 0 Å². The second kappa shape index (κ2) is 6.45. The Balaban J connectivity index is 1.55. The van der Waals surface area contributed by atoms with E-state index in [1.165, 1.54) is 11.8 Å². The monoisotopic (exact) mass is 346 g/mol. The zero-order chi connectivity index (χ0) is 16.5. The third-order valence-electron chi connectivity index (χ3n) is 4.07. The molecule has 4 rings (SSSR count). The van der Waals surface area contributed by atoms with Crippen LogP contribution in [-0.4, -0.2) is 32.5 Å². The molecule has 0 amide bonds. The van der Waals surface area contributed by atoms with Crippen molar-refractivity contribution in [3.63, 3.8) is 0 Å². The summed E-state index contributed by atoms with van der Waals surface area (Å²) in [4.78, 5) is 16.5. The Morgan fingerprint density at radius 3 is 3.12 bits per heavy atom. The summed E-state index contributed by atoms with van der Waals surface area (Å²) >= 11 is 1.45. The minimum atomic E-state index is -0.210. The van der Waals surface area contributed by atoms with Gasteiger partial charge in [0.1, 0.15) is 5.52 Å². The van der Waals surface area contributed by atoms with Gasteiger partial charge in [-0.15, -0.1) is 5.10 Å². The predicted molar refractivity (Wildman–Crippen MR) is 90.1 cm³/mol. The van der Waals surface area contributed by atoms with Gasteiger partial charge in [-0.05, 0) is 31.9 Å². The molecule has 126 valence electrons. The van der Waals surface area contributed by atoms with E-state index >= 15 is 0 Å². The minimum Gasteiger partial charge on any atom is -0.439 e. The highest BCUT2D eigenvalue weighted by Gasteiger charge is 2.22. The van der Waals surface area contributed by atoms with Gasteiger partial charge in [0.15, 0.2) is 10.7 Å². The second-order valence-electron chi connectivity index (χ2n) is 5.84. The number of ether oxygens (including phenoxy) is 1. The molecule has 0 radical (unpaired) electrons. The van der Waals surface area contributed by atoms with Crippen LogP contribution >= 0.6 is 11.8 Å². The third-order valence-corrected chi connectivity index (χ3v) is 5.15. The van der Waals surface area contributed by atoms with Gasteiger partial charge in [-0.3, -0.25) is 4.57 Å². The van der Waals surface area contributed by atoms with Gasteiger partial charge in [0.2, 0.25) is 5.89 Å². The lowest BCUT2D eigenvalue weighted by molar-refractivity contribution is 0.0941. The van der Waals surface area contributed by atoms with Crippen LogP contribution in [0, 0.1) is 0 Å². The number of hydrogen-bond acceptors (Lipinski definition) is 6. The van der Waals surface area contributed by atoms with E-state index in [0.29, 0.717) is 17.6 Å². The standard InChI is InChI=1S/C16H18N4O3S/c1-10(14-17-12-6-2-3-7-13(12)23-14)24-16-19-18-15(21)20(16)9-11-5-4-8-22-11/h2-3,6-7,10-11H,4-5,8-9H2,1H3,(H,18,21)/t10-,11-/m1/s1. The number of aromatic nitrogens is 4. The lowest BCUT2D eigenvalue weighted by atomic mass is 10.2. The fourth-order valence-corrected chi connectivity index (χ4v) is 3.72. The molecule has 7 nitrogen and oxygen atoms in total.